The first-order valence-corrected chi connectivity index (χ1v) is 6.57. The number of ether oxygens (including phenoxy) is 2. The van der Waals surface area contributed by atoms with Crippen LogP contribution in [0.15, 0.2) is 48.5 Å². The summed E-state index contributed by atoms with van der Waals surface area (Å²) in [7, 11) is 0. The molecule has 1 aliphatic heterocycles. The summed E-state index contributed by atoms with van der Waals surface area (Å²) in [4.78, 5) is 10.3. The number of nitro benzene ring substituents is 1. The first kappa shape index (κ1) is 13.5. The van der Waals surface area contributed by atoms with Gasteiger partial charge in [0.15, 0.2) is 6.29 Å². The third-order valence-electron chi connectivity index (χ3n) is 3.15. The maximum atomic E-state index is 10.7. The lowest BCUT2D eigenvalue weighted by atomic mass is 10.2. The zero-order chi connectivity index (χ0) is 14.7. The van der Waals surface area contributed by atoms with Crippen molar-refractivity contribution in [3.8, 4) is 0 Å². The fraction of sp³-hybridized carbons (Fsp3) is 0.200. The number of rotatable bonds is 4. The Bertz CT molecular complexity index is 636. The summed E-state index contributed by atoms with van der Waals surface area (Å²) in [5.41, 5.74) is 2.53. The van der Waals surface area contributed by atoms with Gasteiger partial charge in [-0.1, -0.05) is 18.2 Å². The third-order valence-corrected chi connectivity index (χ3v) is 3.15. The summed E-state index contributed by atoms with van der Waals surface area (Å²) in [6.45, 7) is 1.22. The first-order valence-electron chi connectivity index (χ1n) is 6.57. The number of benzene rings is 2. The van der Waals surface area contributed by atoms with Gasteiger partial charge in [0.2, 0.25) is 0 Å². The summed E-state index contributed by atoms with van der Waals surface area (Å²) < 4.78 is 10.8. The summed E-state index contributed by atoms with van der Waals surface area (Å²) in [5.74, 6) is 0. The van der Waals surface area contributed by atoms with Crippen molar-refractivity contribution in [2.45, 2.75) is 6.29 Å². The van der Waals surface area contributed by atoms with E-state index < -0.39 is 4.92 Å². The molecule has 0 aliphatic carbocycles. The van der Waals surface area contributed by atoms with Gasteiger partial charge in [-0.15, -0.1) is 0 Å². The molecule has 1 saturated heterocycles. The van der Waals surface area contributed by atoms with E-state index in [1.165, 1.54) is 12.1 Å². The van der Waals surface area contributed by atoms with Crippen molar-refractivity contribution < 1.29 is 14.4 Å². The summed E-state index contributed by atoms with van der Waals surface area (Å²) in [6.07, 6.45) is -0.295. The molecule has 0 atom stereocenters. The maximum Gasteiger partial charge on any atom is 0.271 e. The lowest BCUT2D eigenvalue weighted by molar-refractivity contribution is -0.384. The van der Waals surface area contributed by atoms with Crippen molar-refractivity contribution in [1.82, 2.24) is 0 Å². The molecule has 0 amide bonds. The molecule has 0 aromatic heterocycles. The van der Waals surface area contributed by atoms with Gasteiger partial charge in [-0.3, -0.25) is 10.1 Å². The molecule has 1 fully saturated rings. The normalized spacial score (nSPS) is 15.0. The highest BCUT2D eigenvalue weighted by Crippen LogP contribution is 2.26. The van der Waals surface area contributed by atoms with Crippen LogP contribution in [0.2, 0.25) is 0 Å². The van der Waals surface area contributed by atoms with Crippen molar-refractivity contribution in [2.75, 3.05) is 18.5 Å². The van der Waals surface area contributed by atoms with Crippen molar-refractivity contribution in [2.24, 2.45) is 0 Å². The van der Waals surface area contributed by atoms with Crippen LogP contribution in [0.25, 0.3) is 0 Å². The summed E-state index contributed by atoms with van der Waals surface area (Å²) in [5, 5.41) is 13.9. The van der Waals surface area contributed by atoms with E-state index in [9.17, 15) is 10.1 Å². The maximum absolute atomic E-state index is 10.7. The molecule has 2 aromatic rings. The van der Waals surface area contributed by atoms with Crippen molar-refractivity contribution >= 4 is 17.1 Å². The largest absolute Gasteiger partial charge is 0.355 e. The summed E-state index contributed by atoms with van der Waals surface area (Å²) in [6, 6.07) is 14.0. The number of hydrogen-bond donors (Lipinski definition) is 1. The second-order valence-corrected chi connectivity index (χ2v) is 4.63. The van der Waals surface area contributed by atoms with Gasteiger partial charge in [-0.2, -0.15) is 0 Å². The molecule has 3 rings (SSSR count). The molecule has 0 radical (unpaired) electrons. The van der Waals surface area contributed by atoms with Gasteiger partial charge in [0.05, 0.1) is 18.1 Å². The molecule has 21 heavy (non-hydrogen) atoms. The third kappa shape index (κ3) is 3.18. The smallest absolute Gasteiger partial charge is 0.271 e. The van der Waals surface area contributed by atoms with Crippen LogP contribution in [0.1, 0.15) is 11.9 Å². The number of nitrogens with zero attached hydrogens (tertiary/aromatic N) is 1. The second kappa shape index (κ2) is 5.90. The van der Waals surface area contributed by atoms with E-state index in [-0.39, 0.29) is 12.0 Å². The van der Waals surface area contributed by atoms with Gasteiger partial charge in [-0.05, 0) is 18.2 Å². The first-order chi connectivity index (χ1) is 10.2. The average Bonchev–Trinajstić information content (AvgIpc) is 3.02. The molecule has 108 valence electrons. The number of nitrogens with one attached hydrogen (secondary N) is 1. The molecular weight excluding hydrogens is 272 g/mol. The van der Waals surface area contributed by atoms with E-state index in [0.29, 0.717) is 18.9 Å². The topological polar surface area (TPSA) is 73.6 Å². The predicted octanol–water partition coefficient (Wildman–Crippen LogP) is 3.38. The van der Waals surface area contributed by atoms with Gasteiger partial charge in [-0.25, -0.2) is 0 Å². The van der Waals surface area contributed by atoms with Crippen LogP contribution in [0, 0.1) is 10.1 Å². The quantitative estimate of drug-likeness (QED) is 0.689. The molecule has 0 bridgehead atoms. The van der Waals surface area contributed by atoms with Crippen molar-refractivity contribution in [3.63, 3.8) is 0 Å². The second-order valence-electron chi connectivity index (χ2n) is 4.63. The molecule has 0 saturated carbocycles. The van der Waals surface area contributed by atoms with E-state index in [1.807, 2.05) is 24.3 Å². The van der Waals surface area contributed by atoms with E-state index in [4.69, 9.17) is 9.47 Å². The zero-order valence-electron chi connectivity index (χ0n) is 11.2. The van der Waals surface area contributed by atoms with Crippen LogP contribution in [0.5, 0.6) is 0 Å². The Morgan fingerprint density at radius 2 is 1.76 bits per heavy atom. The Morgan fingerprint density at radius 1 is 1.05 bits per heavy atom. The molecule has 1 N–H and O–H groups in total. The average molecular weight is 286 g/mol. The highest BCUT2D eigenvalue weighted by atomic mass is 16.7. The van der Waals surface area contributed by atoms with Crippen LogP contribution in [-0.4, -0.2) is 18.1 Å². The summed E-state index contributed by atoms with van der Waals surface area (Å²) >= 11 is 0. The molecule has 1 aliphatic rings. The number of anilines is 2. The van der Waals surface area contributed by atoms with Gasteiger partial charge in [0, 0.05) is 29.1 Å². The minimum absolute atomic E-state index is 0.0596. The van der Waals surface area contributed by atoms with E-state index in [1.54, 1.807) is 12.1 Å². The Kier molecular flexibility index (Phi) is 3.81. The highest BCUT2D eigenvalue weighted by molar-refractivity contribution is 5.62. The van der Waals surface area contributed by atoms with Crippen LogP contribution in [-0.2, 0) is 9.47 Å². The fourth-order valence-corrected chi connectivity index (χ4v) is 2.14. The monoisotopic (exact) mass is 286 g/mol. The molecular formula is C15H14N2O4. The number of nitro groups is 1. The van der Waals surface area contributed by atoms with Crippen LogP contribution in [0.4, 0.5) is 17.1 Å². The highest BCUT2D eigenvalue weighted by Gasteiger charge is 2.17. The molecule has 0 unspecified atom stereocenters. The minimum atomic E-state index is -0.414. The number of non-ortho nitro benzene ring substituents is 1. The van der Waals surface area contributed by atoms with Crippen LogP contribution in [0.3, 0.4) is 0 Å². The Labute approximate surface area is 121 Å². The standard InChI is InChI=1S/C15H14N2O4/c18-17(19)14-3-1-2-13(10-14)16-12-6-4-11(5-7-12)15-20-8-9-21-15/h1-7,10,15-16H,8-9H2. The van der Waals surface area contributed by atoms with Gasteiger partial charge in [0.1, 0.15) is 0 Å². The SMILES string of the molecule is O=[N+]([O-])c1cccc(Nc2ccc(C3OCCO3)cc2)c1. The zero-order valence-corrected chi connectivity index (χ0v) is 11.2. The van der Waals surface area contributed by atoms with E-state index in [0.717, 1.165) is 11.3 Å². The number of hydrogen-bond acceptors (Lipinski definition) is 5. The molecule has 2 aromatic carbocycles. The van der Waals surface area contributed by atoms with E-state index >= 15 is 0 Å². The lowest BCUT2D eigenvalue weighted by Gasteiger charge is -2.11. The van der Waals surface area contributed by atoms with Crippen molar-refractivity contribution in [1.29, 1.82) is 0 Å². The minimum Gasteiger partial charge on any atom is -0.355 e. The van der Waals surface area contributed by atoms with E-state index in [2.05, 4.69) is 5.32 Å². The van der Waals surface area contributed by atoms with Gasteiger partial charge in [0.25, 0.3) is 5.69 Å². The Morgan fingerprint density at radius 3 is 2.43 bits per heavy atom. The van der Waals surface area contributed by atoms with Gasteiger partial charge < -0.3 is 14.8 Å². The molecule has 1 heterocycles. The lowest BCUT2D eigenvalue weighted by Crippen LogP contribution is -1.98. The van der Waals surface area contributed by atoms with Crippen LogP contribution < -0.4 is 5.32 Å². The van der Waals surface area contributed by atoms with Gasteiger partial charge >= 0.3 is 0 Å². The fourth-order valence-electron chi connectivity index (χ4n) is 2.14. The van der Waals surface area contributed by atoms with Crippen molar-refractivity contribution in [3.05, 3.63) is 64.2 Å². The predicted molar refractivity (Wildman–Crippen MR) is 77.5 cm³/mol. The Hall–Kier alpha value is -2.44. The molecule has 0 spiro atoms. The molecule has 6 nitrogen and oxygen atoms in total. The van der Waals surface area contributed by atoms with Crippen LogP contribution >= 0.6 is 0 Å². The Balaban J connectivity index is 1.72. The molecule has 6 heteroatoms.